The minimum atomic E-state index is 0.00111. The third kappa shape index (κ3) is 3.18. The number of rotatable bonds is 5. The van der Waals surface area contributed by atoms with Crippen molar-refractivity contribution in [2.45, 2.75) is 19.9 Å². The van der Waals surface area contributed by atoms with Crippen LogP contribution in [0.15, 0.2) is 36.7 Å². The Morgan fingerprint density at radius 3 is 2.63 bits per heavy atom. The number of hydrogen-bond acceptors (Lipinski definition) is 5. The van der Waals surface area contributed by atoms with Gasteiger partial charge in [0.25, 0.3) is 5.91 Å². The van der Waals surface area contributed by atoms with E-state index >= 15 is 0 Å². The zero-order valence-electron chi connectivity index (χ0n) is 15.7. The monoisotopic (exact) mass is 366 g/mol. The van der Waals surface area contributed by atoms with E-state index in [0.29, 0.717) is 25.4 Å². The van der Waals surface area contributed by atoms with Crippen molar-refractivity contribution in [3.05, 3.63) is 48.2 Å². The number of benzene rings is 1. The lowest BCUT2D eigenvalue weighted by molar-refractivity contribution is 0.0488. The van der Waals surface area contributed by atoms with E-state index in [4.69, 9.17) is 4.74 Å². The average molecular weight is 366 g/mol. The first-order chi connectivity index (χ1) is 13.1. The second kappa shape index (κ2) is 6.86. The van der Waals surface area contributed by atoms with Crippen molar-refractivity contribution in [3.63, 3.8) is 0 Å². The number of imidazole rings is 1. The molecule has 4 rings (SSSR count). The van der Waals surface area contributed by atoms with Gasteiger partial charge < -0.3 is 14.2 Å². The zero-order chi connectivity index (χ0) is 19.0. The molecule has 1 amide bonds. The largest absolute Gasteiger partial charge is 0.494 e. The van der Waals surface area contributed by atoms with Gasteiger partial charge in [0.2, 0.25) is 0 Å². The van der Waals surface area contributed by atoms with Gasteiger partial charge in [-0.25, -0.2) is 9.67 Å². The molecule has 140 valence electrons. The standard InChI is InChI=1S/C19H22N6O2/c1-4-27-16-7-5-14(6-8-16)17-12-25(22-21-17)15-10-24(11-15)19(26)18-9-20-13(2)23(18)3/h5-9,12,15H,4,10-11H2,1-3H3. The minimum Gasteiger partial charge on any atom is -0.494 e. The van der Waals surface area contributed by atoms with Gasteiger partial charge in [-0.2, -0.15) is 0 Å². The highest BCUT2D eigenvalue weighted by Gasteiger charge is 2.34. The van der Waals surface area contributed by atoms with Crippen molar-refractivity contribution in [1.29, 1.82) is 0 Å². The molecule has 3 heterocycles. The molecule has 0 spiro atoms. The van der Waals surface area contributed by atoms with Crippen LogP contribution in [0.3, 0.4) is 0 Å². The molecule has 27 heavy (non-hydrogen) atoms. The van der Waals surface area contributed by atoms with Gasteiger partial charge in [-0.15, -0.1) is 5.10 Å². The topological polar surface area (TPSA) is 78.1 Å². The fourth-order valence-electron chi connectivity index (χ4n) is 3.13. The predicted octanol–water partition coefficient (Wildman–Crippen LogP) is 2.08. The molecule has 1 aliphatic rings. The molecule has 1 fully saturated rings. The number of hydrogen-bond donors (Lipinski definition) is 0. The Morgan fingerprint density at radius 2 is 2.00 bits per heavy atom. The molecule has 8 nitrogen and oxygen atoms in total. The number of carbonyl (C=O) groups excluding carboxylic acids is 1. The highest BCUT2D eigenvalue weighted by molar-refractivity contribution is 5.93. The molecular formula is C19H22N6O2. The lowest BCUT2D eigenvalue weighted by Gasteiger charge is -2.38. The van der Waals surface area contributed by atoms with Crippen molar-refractivity contribution in [1.82, 2.24) is 29.4 Å². The Balaban J connectivity index is 1.40. The molecule has 0 radical (unpaired) electrons. The molecule has 1 saturated heterocycles. The van der Waals surface area contributed by atoms with Gasteiger partial charge in [-0.1, -0.05) is 5.21 Å². The van der Waals surface area contributed by atoms with Crippen LogP contribution in [0.25, 0.3) is 11.3 Å². The van der Waals surface area contributed by atoms with Gasteiger partial charge >= 0.3 is 0 Å². The maximum atomic E-state index is 12.6. The van der Waals surface area contributed by atoms with Gasteiger partial charge in [0.15, 0.2) is 0 Å². The molecule has 2 aromatic heterocycles. The van der Waals surface area contributed by atoms with Crippen molar-refractivity contribution >= 4 is 5.91 Å². The van der Waals surface area contributed by atoms with Crippen LogP contribution < -0.4 is 4.74 Å². The van der Waals surface area contributed by atoms with E-state index in [1.165, 1.54) is 0 Å². The molecule has 0 atom stereocenters. The van der Waals surface area contributed by atoms with E-state index in [0.717, 1.165) is 22.8 Å². The number of likely N-dealkylation sites (tertiary alicyclic amines) is 1. The van der Waals surface area contributed by atoms with E-state index in [2.05, 4.69) is 15.3 Å². The summed E-state index contributed by atoms with van der Waals surface area (Å²) in [6, 6.07) is 7.95. The SMILES string of the molecule is CCOc1ccc(-c2cn(C3CN(C(=O)c4cnc(C)n4C)C3)nn2)cc1. The molecule has 1 aromatic carbocycles. The number of ether oxygens (including phenoxy) is 1. The fourth-order valence-corrected chi connectivity index (χ4v) is 3.13. The quantitative estimate of drug-likeness (QED) is 0.691. The van der Waals surface area contributed by atoms with E-state index in [9.17, 15) is 4.79 Å². The third-order valence-corrected chi connectivity index (χ3v) is 4.93. The normalized spacial score (nSPS) is 14.3. The molecule has 0 bridgehead atoms. The summed E-state index contributed by atoms with van der Waals surface area (Å²) in [4.78, 5) is 18.6. The Kier molecular flexibility index (Phi) is 4.39. The van der Waals surface area contributed by atoms with Gasteiger partial charge in [-0.3, -0.25) is 4.79 Å². The number of carbonyl (C=O) groups is 1. The Bertz CT molecular complexity index is 953. The van der Waals surface area contributed by atoms with Crippen LogP contribution in [0.4, 0.5) is 0 Å². The van der Waals surface area contributed by atoms with Gasteiger partial charge in [0, 0.05) is 25.7 Å². The third-order valence-electron chi connectivity index (χ3n) is 4.93. The summed E-state index contributed by atoms with van der Waals surface area (Å²) in [5, 5.41) is 8.51. The van der Waals surface area contributed by atoms with Crippen LogP contribution in [-0.4, -0.2) is 55.0 Å². The maximum Gasteiger partial charge on any atom is 0.272 e. The van der Waals surface area contributed by atoms with Crippen LogP contribution in [0.5, 0.6) is 5.75 Å². The molecule has 1 aliphatic heterocycles. The summed E-state index contributed by atoms with van der Waals surface area (Å²) in [5.41, 5.74) is 2.41. The molecule has 3 aromatic rings. The highest BCUT2D eigenvalue weighted by Crippen LogP contribution is 2.25. The number of aromatic nitrogens is 5. The number of nitrogens with zero attached hydrogens (tertiary/aromatic N) is 6. The molecular weight excluding hydrogens is 344 g/mol. The molecule has 0 aliphatic carbocycles. The summed E-state index contributed by atoms with van der Waals surface area (Å²) in [5.74, 6) is 1.67. The first-order valence-corrected chi connectivity index (χ1v) is 8.99. The molecule has 8 heteroatoms. The first-order valence-electron chi connectivity index (χ1n) is 8.99. The van der Waals surface area contributed by atoms with E-state index in [1.807, 2.05) is 60.6 Å². The Morgan fingerprint density at radius 1 is 1.26 bits per heavy atom. The molecule has 0 saturated carbocycles. The smallest absolute Gasteiger partial charge is 0.272 e. The van der Waals surface area contributed by atoms with E-state index < -0.39 is 0 Å². The lowest BCUT2D eigenvalue weighted by Crippen LogP contribution is -2.51. The van der Waals surface area contributed by atoms with Gasteiger partial charge in [0.05, 0.1) is 25.0 Å². The van der Waals surface area contributed by atoms with Crippen molar-refractivity contribution in [2.75, 3.05) is 19.7 Å². The van der Waals surface area contributed by atoms with E-state index in [-0.39, 0.29) is 11.9 Å². The van der Waals surface area contributed by atoms with Crippen LogP contribution in [0, 0.1) is 6.92 Å². The summed E-state index contributed by atoms with van der Waals surface area (Å²) in [6.07, 6.45) is 3.56. The summed E-state index contributed by atoms with van der Waals surface area (Å²) >= 11 is 0. The molecule has 0 N–H and O–H groups in total. The summed E-state index contributed by atoms with van der Waals surface area (Å²) < 4.78 is 9.11. The van der Waals surface area contributed by atoms with E-state index in [1.54, 1.807) is 11.1 Å². The minimum absolute atomic E-state index is 0.00111. The van der Waals surface area contributed by atoms with Gasteiger partial charge in [0.1, 0.15) is 23.0 Å². The van der Waals surface area contributed by atoms with Crippen LogP contribution in [-0.2, 0) is 7.05 Å². The number of amides is 1. The average Bonchev–Trinajstić information content (AvgIpc) is 3.23. The second-order valence-electron chi connectivity index (χ2n) is 6.65. The van der Waals surface area contributed by atoms with Crippen LogP contribution >= 0.6 is 0 Å². The Hall–Kier alpha value is -3.16. The highest BCUT2D eigenvalue weighted by atomic mass is 16.5. The zero-order valence-corrected chi connectivity index (χ0v) is 15.7. The van der Waals surface area contributed by atoms with Crippen molar-refractivity contribution < 1.29 is 9.53 Å². The second-order valence-corrected chi connectivity index (χ2v) is 6.65. The predicted molar refractivity (Wildman–Crippen MR) is 99.5 cm³/mol. The maximum absolute atomic E-state index is 12.6. The summed E-state index contributed by atoms with van der Waals surface area (Å²) in [6.45, 7) is 5.73. The van der Waals surface area contributed by atoms with Gasteiger partial charge in [-0.05, 0) is 38.1 Å². The Labute approximate surface area is 157 Å². The lowest BCUT2D eigenvalue weighted by atomic mass is 10.1. The van der Waals surface area contributed by atoms with Crippen molar-refractivity contribution in [3.8, 4) is 17.0 Å². The number of aryl methyl sites for hydroxylation is 1. The van der Waals surface area contributed by atoms with Crippen molar-refractivity contribution in [2.24, 2.45) is 7.05 Å². The fraction of sp³-hybridized carbons (Fsp3) is 0.368. The first kappa shape index (κ1) is 17.3. The van der Waals surface area contributed by atoms with Crippen LogP contribution in [0.1, 0.15) is 29.3 Å². The van der Waals surface area contributed by atoms with Crippen LogP contribution in [0.2, 0.25) is 0 Å². The molecule has 0 unspecified atom stereocenters. The summed E-state index contributed by atoms with van der Waals surface area (Å²) in [7, 11) is 1.85.